The molecule has 0 saturated heterocycles. The highest BCUT2D eigenvalue weighted by Crippen LogP contribution is 2.05. The van der Waals surface area contributed by atoms with Crippen LogP contribution in [-0.4, -0.2) is 49.7 Å². The minimum Gasteiger partial charge on any atom is -0.407 e. The van der Waals surface area contributed by atoms with Gasteiger partial charge in [-0.15, -0.1) is 5.10 Å². The van der Waals surface area contributed by atoms with E-state index in [4.69, 9.17) is 13.9 Å². The average molecular weight is 286 g/mol. The fraction of sp³-hybridized carbons (Fsp3) is 0.846. The molecular formula is C13H26N4O3. The second kappa shape index (κ2) is 10.6. The summed E-state index contributed by atoms with van der Waals surface area (Å²) in [5, 5.41) is 14.2. The Morgan fingerprint density at radius 3 is 2.75 bits per heavy atom. The normalized spacial score (nSPS) is 11.2. The molecule has 0 aliphatic rings. The molecule has 116 valence electrons. The van der Waals surface area contributed by atoms with Gasteiger partial charge in [-0.1, -0.05) is 18.9 Å². The van der Waals surface area contributed by atoms with E-state index in [0.29, 0.717) is 37.7 Å². The SMILES string of the molecule is COCCOCCCCNc1nnc(CNC(C)C)o1. The third-order valence-corrected chi connectivity index (χ3v) is 2.55. The maximum atomic E-state index is 5.45. The molecular weight excluding hydrogens is 260 g/mol. The van der Waals surface area contributed by atoms with Gasteiger partial charge in [0.25, 0.3) is 0 Å². The molecule has 1 heterocycles. The lowest BCUT2D eigenvalue weighted by Crippen LogP contribution is -2.21. The van der Waals surface area contributed by atoms with Crippen LogP contribution in [0.3, 0.4) is 0 Å². The van der Waals surface area contributed by atoms with Crippen LogP contribution in [0.25, 0.3) is 0 Å². The maximum absolute atomic E-state index is 5.45. The van der Waals surface area contributed by atoms with E-state index in [1.165, 1.54) is 0 Å². The maximum Gasteiger partial charge on any atom is 0.315 e. The molecule has 7 nitrogen and oxygen atoms in total. The number of hydrogen-bond acceptors (Lipinski definition) is 7. The van der Waals surface area contributed by atoms with Crippen molar-refractivity contribution in [1.82, 2.24) is 15.5 Å². The van der Waals surface area contributed by atoms with Gasteiger partial charge in [-0.05, 0) is 12.8 Å². The van der Waals surface area contributed by atoms with Gasteiger partial charge in [0.05, 0.1) is 19.8 Å². The zero-order chi connectivity index (χ0) is 14.6. The van der Waals surface area contributed by atoms with Crippen molar-refractivity contribution in [3.8, 4) is 0 Å². The largest absolute Gasteiger partial charge is 0.407 e. The summed E-state index contributed by atoms with van der Waals surface area (Å²) < 4.78 is 15.7. The summed E-state index contributed by atoms with van der Waals surface area (Å²) in [4.78, 5) is 0. The van der Waals surface area contributed by atoms with Gasteiger partial charge in [0, 0.05) is 26.3 Å². The molecule has 0 radical (unpaired) electrons. The Balaban J connectivity index is 2.01. The molecule has 20 heavy (non-hydrogen) atoms. The average Bonchev–Trinajstić information content (AvgIpc) is 2.87. The third kappa shape index (κ3) is 8.08. The van der Waals surface area contributed by atoms with Crippen LogP contribution in [0.4, 0.5) is 6.01 Å². The molecule has 0 bridgehead atoms. The summed E-state index contributed by atoms with van der Waals surface area (Å²) in [6.45, 7) is 7.59. The van der Waals surface area contributed by atoms with E-state index in [-0.39, 0.29) is 0 Å². The third-order valence-electron chi connectivity index (χ3n) is 2.55. The van der Waals surface area contributed by atoms with Crippen molar-refractivity contribution < 1.29 is 13.9 Å². The summed E-state index contributed by atoms with van der Waals surface area (Å²) >= 11 is 0. The van der Waals surface area contributed by atoms with Crippen molar-refractivity contribution in [3.63, 3.8) is 0 Å². The van der Waals surface area contributed by atoms with E-state index >= 15 is 0 Å². The Morgan fingerprint density at radius 2 is 2.00 bits per heavy atom. The highest BCUT2D eigenvalue weighted by Gasteiger charge is 2.05. The second-order valence-electron chi connectivity index (χ2n) is 4.78. The Labute approximate surface area is 120 Å². The van der Waals surface area contributed by atoms with Crippen molar-refractivity contribution in [1.29, 1.82) is 0 Å². The van der Waals surface area contributed by atoms with Crippen molar-refractivity contribution in [2.24, 2.45) is 0 Å². The Kier molecular flexibility index (Phi) is 8.93. The van der Waals surface area contributed by atoms with E-state index in [0.717, 1.165) is 26.0 Å². The molecule has 0 aliphatic carbocycles. The van der Waals surface area contributed by atoms with Crippen LogP contribution in [0.2, 0.25) is 0 Å². The monoisotopic (exact) mass is 286 g/mol. The molecule has 0 fully saturated rings. The lowest BCUT2D eigenvalue weighted by atomic mass is 10.3. The van der Waals surface area contributed by atoms with E-state index in [2.05, 4.69) is 34.7 Å². The number of aromatic nitrogens is 2. The Hall–Kier alpha value is -1.18. The standard InChI is InChI=1S/C13H26N4O3/c1-11(2)15-10-12-16-17-13(20-12)14-6-4-5-7-19-9-8-18-3/h11,15H,4-10H2,1-3H3,(H,14,17). The minimum atomic E-state index is 0.399. The number of hydrogen-bond donors (Lipinski definition) is 2. The fourth-order valence-corrected chi connectivity index (χ4v) is 1.46. The number of anilines is 1. The van der Waals surface area contributed by atoms with E-state index < -0.39 is 0 Å². The lowest BCUT2D eigenvalue weighted by Gasteiger charge is -2.04. The molecule has 2 N–H and O–H groups in total. The van der Waals surface area contributed by atoms with Crippen LogP contribution in [0.15, 0.2) is 4.42 Å². The topological polar surface area (TPSA) is 81.4 Å². The molecule has 1 aromatic heterocycles. The van der Waals surface area contributed by atoms with Crippen molar-refractivity contribution in [2.45, 2.75) is 39.3 Å². The zero-order valence-electron chi connectivity index (χ0n) is 12.6. The van der Waals surface area contributed by atoms with E-state index in [1.54, 1.807) is 7.11 Å². The van der Waals surface area contributed by atoms with Crippen LogP contribution in [0.1, 0.15) is 32.6 Å². The number of nitrogens with one attached hydrogen (secondary N) is 2. The van der Waals surface area contributed by atoms with Crippen LogP contribution in [-0.2, 0) is 16.0 Å². The van der Waals surface area contributed by atoms with Crippen LogP contribution < -0.4 is 10.6 Å². The number of methoxy groups -OCH3 is 1. The van der Waals surface area contributed by atoms with Crippen molar-refractivity contribution in [2.75, 3.05) is 38.8 Å². The smallest absolute Gasteiger partial charge is 0.315 e. The summed E-state index contributed by atoms with van der Waals surface area (Å²) in [6, 6.07) is 0.877. The van der Waals surface area contributed by atoms with Crippen molar-refractivity contribution >= 4 is 6.01 Å². The molecule has 0 aromatic carbocycles. The summed E-state index contributed by atoms with van der Waals surface area (Å²) in [7, 11) is 1.67. The van der Waals surface area contributed by atoms with Crippen LogP contribution in [0, 0.1) is 0 Å². The number of rotatable bonds is 12. The summed E-state index contributed by atoms with van der Waals surface area (Å²) in [5.74, 6) is 0.601. The first-order valence-corrected chi connectivity index (χ1v) is 7.08. The second-order valence-corrected chi connectivity index (χ2v) is 4.78. The van der Waals surface area contributed by atoms with Gasteiger partial charge >= 0.3 is 6.01 Å². The Morgan fingerprint density at radius 1 is 1.15 bits per heavy atom. The zero-order valence-corrected chi connectivity index (χ0v) is 12.6. The first-order valence-electron chi connectivity index (χ1n) is 7.08. The molecule has 1 aromatic rings. The van der Waals surface area contributed by atoms with Gasteiger partial charge < -0.3 is 24.5 Å². The fourth-order valence-electron chi connectivity index (χ4n) is 1.46. The van der Waals surface area contributed by atoms with E-state index in [9.17, 15) is 0 Å². The first kappa shape index (κ1) is 16.9. The van der Waals surface area contributed by atoms with Gasteiger partial charge in [-0.3, -0.25) is 0 Å². The van der Waals surface area contributed by atoms with Gasteiger partial charge in [-0.2, -0.15) is 0 Å². The lowest BCUT2D eigenvalue weighted by molar-refractivity contribution is 0.0691. The van der Waals surface area contributed by atoms with Gasteiger partial charge in [-0.25, -0.2) is 0 Å². The quantitative estimate of drug-likeness (QED) is 0.562. The van der Waals surface area contributed by atoms with Crippen LogP contribution in [0.5, 0.6) is 0 Å². The Bertz CT molecular complexity index is 344. The van der Waals surface area contributed by atoms with Gasteiger partial charge in [0.15, 0.2) is 0 Å². The number of nitrogens with zero attached hydrogens (tertiary/aromatic N) is 2. The highest BCUT2D eigenvalue weighted by molar-refractivity contribution is 5.16. The summed E-state index contributed by atoms with van der Waals surface area (Å²) in [6.07, 6.45) is 1.99. The molecule has 1 rings (SSSR count). The number of unbranched alkanes of at least 4 members (excludes halogenated alkanes) is 1. The number of ether oxygens (including phenoxy) is 2. The predicted octanol–water partition coefficient (Wildman–Crippen LogP) is 1.42. The molecule has 0 aliphatic heterocycles. The van der Waals surface area contributed by atoms with Gasteiger partial charge in [0.2, 0.25) is 5.89 Å². The van der Waals surface area contributed by atoms with Gasteiger partial charge in [0.1, 0.15) is 0 Å². The molecule has 7 heteroatoms. The highest BCUT2D eigenvalue weighted by atomic mass is 16.5. The first-order chi connectivity index (χ1) is 9.72. The minimum absolute atomic E-state index is 0.399. The summed E-state index contributed by atoms with van der Waals surface area (Å²) in [5.41, 5.74) is 0. The molecule has 0 amide bonds. The van der Waals surface area contributed by atoms with Crippen LogP contribution >= 0.6 is 0 Å². The molecule has 0 unspecified atom stereocenters. The molecule has 0 atom stereocenters. The van der Waals surface area contributed by atoms with Crippen molar-refractivity contribution in [3.05, 3.63) is 5.89 Å². The predicted molar refractivity (Wildman–Crippen MR) is 76.7 cm³/mol. The molecule has 0 saturated carbocycles. The van der Waals surface area contributed by atoms with E-state index in [1.807, 2.05) is 0 Å². The molecule has 0 spiro atoms.